The number of aryl methyl sites for hydroxylation is 1. The average molecular weight is 284 g/mol. The maximum absolute atomic E-state index is 12.0. The molecular formula is C14H20O4S. The van der Waals surface area contributed by atoms with Gasteiger partial charge in [0.1, 0.15) is 0 Å². The topological polar surface area (TPSA) is 63.6 Å². The van der Waals surface area contributed by atoms with Crippen LogP contribution in [-0.4, -0.2) is 34.3 Å². The summed E-state index contributed by atoms with van der Waals surface area (Å²) in [4.78, 5) is 11.5. The minimum absolute atomic E-state index is 0.203. The number of hydrogen-bond acceptors (Lipinski definition) is 3. The quantitative estimate of drug-likeness (QED) is 0.781. The Kier molecular flexibility index (Phi) is 6.18. The number of carboxylic acids is 1. The zero-order valence-corrected chi connectivity index (χ0v) is 12.3. The van der Waals surface area contributed by atoms with E-state index in [1.54, 1.807) is 19.1 Å². The summed E-state index contributed by atoms with van der Waals surface area (Å²) < 4.78 is 17.4. The molecule has 1 aromatic carbocycles. The van der Waals surface area contributed by atoms with Crippen molar-refractivity contribution in [1.29, 1.82) is 0 Å². The molecule has 1 atom stereocenters. The maximum Gasteiger partial charge on any atom is 0.335 e. The molecule has 0 radical (unpaired) electrons. The van der Waals surface area contributed by atoms with E-state index in [2.05, 4.69) is 13.8 Å². The zero-order valence-electron chi connectivity index (χ0n) is 11.5. The van der Waals surface area contributed by atoms with Crippen LogP contribution in [0.4, 0.5) is 0 Å². The first-order valence-corrected chi connectivity index (χ1v) is 7.53. The summed E-state index contributed by atoms with van der Waals surface area (Å²) in [6.45, 7) is 6.89. The van der Waals surface area contributed by atoms with E-state index in [1.165, 1.54) is 6.07 Å². The lowest BCUT2D eigenvalue weighted by atomic mass is 10.1. The minimum atomic E-state index is -1.22. The molecular weight excluding hydrogens is 264 g/mol. The number of ether oxygens (including phenoxy) is 1. The van der Waals surface area contributed by atoms with Crippen molar-refractivity contribution in [2.24, 2.45) is 5.92 Å². The van der Waals surface area contributed by atoms with Crippen molar-refractivity contribution < 1.29 is 18.8 Å². The second-order valence-corrected chi connectivity index (χ2v) is 6.37. The predicted molar refractivity (Wildman–Crippen MR) is 75.1 cm³/mol. The Morgan fingerprint density at radius 1 is 1.42 bits per heavy atom. The molecule has 0 saturated heterocycles. The van der Waals surface area contributed by atoms with Crippen LogP contribution < -0.4 is 0 Å². The van der Waals surface area contributed by atoms with Crippen LogP contribution in [0.5, 0.6) is 0 Å². The fraction of sp³-hybridized carbons (Fsp3) is 0.500. The van der Waals surface area contributed by atoms with Crippen molar-refractivity contribution in [2.45, 2.75) is 25.7 Å². The zero-order chi connectivity index (χ0) is 14.4. The lowest BCUT2D eigenvalue weighted by molar-refractivity contribution is 0.0696. The van der Waals surface area contributed by atoms with Crippen molar-refractivity contribution in [3.8, 4) is 0 Å². The molecule has 0 aliphatic carbocycles. The van der Waals surface area contributed by atoms with Crippen molar-refractivity contribution >= 4 is 16.8 Å². The second kappa shape index (κ2) is 7.40. The molecule has 0 aromatic heterocycles. The number of carbonyl (C=O) groups is 1. The Balaban J connectivity index is 2.62. The van der Waals surface area contributed by atoms with Gasteiger partial charge in [-0.05, 0) is 30.5 Å². The monoisotopic (exact) mass is 284 g/mol. The summed E-state index contributed by atoms with van der Waals surface area (Å²) in [5, 5.41) is 9.02. The first-order chi connectivity index (χ1) is 8.91. The van der Waals surface area contributed by atoms with Crippen LogP contribution in [0.15, 0.2) is 23.1 Å². The summed E-state index contributed by atoms with van der Waals surface area (Å²) in [7, 11) is -1.22. The minimum Gasteiger partial charge on any atom is -0.478 e. The van der Waals surface area contributed by atoms with Crippen molar-refractivity contribution in [3.63, 3.8) is 0 Å². The SMILES string of the molecule is Cc1ccc(S(=O)CCOCC(C)C)cc1C(=O)O. The summed E-state index contributed by atoms with van der Waals surface area (Å²) in [5.41, 5.74) is 0.873. The molecule has 0 bridgehead atoms. The first-order valence-electron chi connectivity index (χ1n) is 6.22. The Labute approximate surface area is 116 Å². The smallest absolute Gasteiger partial charge is 0.335 e. The van der Waals surface area contributed by atoms with E-state index < -0.39 is 16.8 Å². The molecule has 5 heteroatoms. The standard InChI is InChI=1S/C14H20O4S/c1-10(2)9-18-6-7-19(17)12-5-4-11(3)13(8-12)14(15)16/h4-5,8,10H,6-7,9H2,1-3H3,(H,15,16). The van der Waals surface area contributed by atoms with Crippen molar-refractivity contribution in [2.75, 3.05) is 19.0 Å². The molecule has 1 N–H and O–H groups in total. The van der Waals surface area contributed by atoms with Crippen molar-refractivity contribution in [3.05, 3.63) is 29.3 Å². The molecule has 0 aliphatic rings. The molecule has 0 heterocycles. The van der Waals surface area contributed by atoms with Gasteiger partial charge in [0.15, 0.2) is 0 Å². The van der Waals surface area contributed by atoms with Crippen molar-refractivity contribution in [1.82, 2.24) is 0 Å². The average Bonchev–Trinajstić information content (AvgIpc) is 2.34. The van der Waals surface area contributed by atoms with Crippen LogP contribution in [0.3, 0.4) is 0 Å². The molecule has 1 rings (SSSR count). The predicted octanol–water partition coefficient (Wildman–Crippen LogP) is 2.47. The van der Waals surface area contributed by atoms with E-state index in [9.17, 15) is 9.00 Å². The Bertz CT molecular complexity index is 469. The number of rotatable bonds is 7. The van der Waals surface area contributed by atoms with Crippen LogP contribution in [0, 0.1) is 12.8 Å². The van der Waals surface area contributed by atoms with E-state index in [0.29, 0.717) is 35.3 Å². The molecule has 4 nitrogen and oxygen atoms in total. The number of aromatic carboxylic acids is 1. The van der Waals surface area contributed by atoms with Gasteiger partial charge in [0.2, 0.25) is 0 Å². The number of carboxylic acid groups (broad SMARTS) is 1. The summed E-state index contributed by atoms with van der Waals surface area (Å²) in [6.07, 6.45) is 0. The molecule has 106 valence electrons. The van der Waals surface area contributed by atoms with Gasteiger partial charge >= 0.3 is 5.97 Å². The van der Waals surface area contributed by atoms with Gasteiger partial charge in [0.25, 0.3) is 0 Å². The summed E-state index contributed by atoms with van der Waals surface area (Å²) >= 11 is 0. The number of benzene rings is 1. The van der Waals surface area contributed by atoms with E-state index in [1.807, 2.05) is 0 Å². The van der Waals surface area contributed by atoms with Gasteiger partial charge in [-0.25, -0.2) is 4.79 Å². The Morgan fingerprint density at radius 2 is 2.11 bits per heavy atom. The lowest BCUT2D eigenvalue weighted by Gasteiger charge is -2.08. The molecule has 19 heavy (non-hydrogen) atoms. The molecule has 1 unspecified atom stereocenters. The van der Waals surface area contributed by atoms with Crippen LogP contribution >= 0.6 is 0 Å². The summed E-state index contributed by atoms with van der Waals surface area (Å²) in [6, 6.07) is 4.88. The fourth-order valence-electron chi connectivity index (χ4n) is 1.54. The van der Waals surface area contributed by atoms with Crippen LogP contribution in [0.1, 0.15) is 29.8 Å². The van der Waals surface area contributed by atoms with Gasteiger partial charge in [-0.1, -0.05) is 19.9 Å². The van der Waals surface area contributed by atoms with Gasteiger partial charge in [0, 0.05) is 11.5 Å². The third kappa shape index (κ3) is 5.12. The fourth-order valence-corrected chi connectivity index (χ4v) is 2.52. The summed E-state index contributed by atoms with van der Waals surface area (Å²) in [5.74, 6) is -0.159. The largest absolute Gasteiger partial charge is 0.478 e. The van der Waals surface area contributed by atoms with E-state index >= 15 is 0 Å². The molecule has 0 aliphatic heterocycles. The molecule has 1 aromatic rings. The highest BCUT2D eigenvalue weighted by molar-refractivity contribution is 7.85. The van der Waals surface area contributed by atoms with E-state index in [4.69, 9.17) is 9.84 Å². The normalized spacial score (nSPS) is 12.6. The van der Waals surface area contributed by atoms with Gasteiger partial charge in [-0.2, -0.15) is 0 Å². The first kappa shape index (κ1) is 15.9. The number of hydrogen-bond donors (Lipinski definition) is 1. The van der Waals surface area contributed by atoms with E-state index in [0.717, 1.165) is 0 Å². The molecule has 0 saturated carbocycles. The van der Waals surface area contributed by atoms with Crippen LogP contribution in [0.2, 0.25) is 0 Å². The lowest BCUT2D eigenvalue weighted by Crippen LogP contribution is -2.10. The van der Waals surface area contributed by atoms with Gasteiger partial charge in [-0.3, -0.25) is 4.21 Å². The molecule has 0 fully saturated rings. The molecule has 0 spiro atoms. The third-order valence-corrected chi connectivity index (χ3v) is 3.88. The van der Waals surface area contributed by atoms with Gasteiger partial charge in [-0.15, -0.1) is 0 Å². The highest BCUT2D eigenvalue weighted by atomic mass is 32.2. The highest BCUT2D eigenvalue weighted by Gasteiger charge is 2.11. The Morgan fingerprint density at radius 3 is 2.68 bits per heavy atom. The second-order valence-electron chi connectivity index (χ2n) is 4.80. The highest BCUT2D eigenvalue weighted by Crippen LogP contribution is 2.14. The third-order valence-electron chi connectivity index (χ3n) is 2.57. The van der Waals surface area contributed by atoms with E-state index in [-0.39, 0.29) is 5.56 Å². The van der Waals surface area contributed by atoms with Crippen LogP contribution in [-0.2, 0) is 15.5 Å². The van der Waals surface area contributed by atoms with Crippen LogP contribution in [0.25, 0.3) is 0 Å². The molecule has 0 amide bonds. The van der Waals surface area contributed by atoms with Gasteiger partial charge in [0.05, 0.1) is 28.7 Å². The maximum atomic E-state index is 12.0. The van der Waals surface area contributed by atoms with Gasteiger partial charge < -0.3 is 9.84 Å². The Hall–Kier alpha value is -1.20.